The van der Waals surface area contributed by atoms with E-state index in [4.69, 9.17) is 9.97 Å². The van der Waals surface area contributed by atoms with Crippen molar-refractivity contribution >= 4 is 23.6 Å². The second-order valence-corrected chi connectivity index (χ2v) is 12.0. The number of anilines is 3. The van der Waals surface area contributed by atoms with Gasteiger partial charge in [-0.15, -0.1) is 0 Å². The lowest BCUT2D eigenvalue weighted by atomic mass is 9.90. The van der Waals surface area contributed by atoms with Crippen LogP contribution in [0.25, 0.3) is 11.1 Å². The Morgan fingerprint density at radius 2 is 1.81 bits per heavy atom. The van der Waals surface area contributed by atoms with E-state index in [1.54, 1.807) is 29.5 Å². The molecule has 47 heavy (non-hydrogen) atoms. The number of carbonyl (C=O) groups is 1. The van der Waals surface area contributed by atoms with Gasteiger partial charge in [0, 0.05) is 61.9 Å². The quantitative estimate of drug-likeness (QED) is 0.238. The summed E-state index contributed by atoms with van der Waals surface area (Å²) in [6, 6.07) is 19.9. The summed E-state index contributed by atoms with van der Waals surface area (Å²) in [5.74, 6) is 1.72. The first-order valence-electron chi connectivity index (χ1n) is 15.8. The normalized spacial score (nSPS) is 17.1. The van der Waals surface area contributed by atoms with Crippen molar-refractivity contribution in [3.8, 4) is 17.2 Å². The van der Waals surface area contributed by atoms with Crippen molar-refractivity contribution in [3.63, 3.8) is 0 Å². The summed E-state index contributed by atoms with van der Waals surface area (Å²) in [7, 11) is 1.88. The summed E-state index contributed by atoms with van der Waals surface area (Å²) in [4.78, 5) is 36.1. The van der Waals surface area contributed by atoms with Crippen molar-refractivity contribution in [3.05, 3.63) is 108 Å². The number of nitriles is 1. The van der Waals surface area contributed by atoms with Crippen LogP contribution in [-0.4, -0.2) is 47.8 Å². The average molecular weight is 626 g/mol. The van der Waals surface area contributed by atoms with Gasteiger partial charge in [-0.05, 0) is 55.0 Å². The predicted octanol–water partition coefficient (Wildman–Crippen LogP) is 5.20. The molecule has 0 saturated heterocycles. The molecule has 0 atom stereocenters. The lowest BCUT2D eigenvalue weighted by Gasteiger charge is -2.36. The van der Waals surface area contributed by atoms with Gasteiger partial charge in [0.25, 0.3) is 0 Å². The summed E-state index contributed by atoms with van der Waals surface area (Å²) in [5, 5.41) is 20.6. The molecule has 12 heteroatoms. The van der Waals surface area contributed by atoms with Crippen LogP contribution in [0.15, 0.2) is 85.6 Å². The first-order valence-corrected chi connectivity index (χ1v) is 15.8. The molecule has 0 spiro atoms. The number of hydrogen-bond donors (Lipinski definition) is 2. The Bertz CT molecular complexity index is 1870. The van der Waals surface area contributed by atoms with Crippen molar-refractivity contribution in [2.24, 2.45) is 7.05 Å². The molecule has 1 aromatic carbocycles. The number of nitrogens with zero attached hydrogens (tertiary/aromatic N) is 9. The molecule has 5 aromatic rings. The zero-order valence-corrected chi connectivity index (χ0v) is 26.1. The number of nitrogens with one attached hydrogen (secondary N) is 2. The van der Waals surface area contributed by atoms with E-state index in [0.717, 1.165) is 53.6 Å². The van der Waals surface area contributed by atoms with Crippen molar-refractivity contribution < 1.29 is 4.79 Å². The minimum absolute atomic E-state index is 0.0337. The maximum Gasteiger partial charge on any atom is 0.323 e. The number of rotatable bonds is 8. The number of urea groups is 1. The van der Waals surface area contributed by atoms with Crippen LogP contribution in [0.4, 0.5) is 22.4 Å². The van der Waals surface area contributed by atoms with E-state index >= 15 is 0 Å². The lowest BCUT2D eigenvalue weighted by Crippen LogP contribution is -2.49. The fourth-order valence-electron chi connectivity index (χ4n) is 6.36. The zero-order chi connectivity index (χ0) is 32.2. The Labute approximate surface area is 273 Å². The van der Waals surface area contributed by atoms with Gasteiger partial charge in [-0.25, -0.2) is 14.8 Å². The molecule has 0 radical (unpaired) electrons. The SMILES string of the molecule is Cn1cc(-c2ccc(N(C(=O)NCc3ccccc3)C3CCC(Nc4ncc(C#N)c(N5Cc6cccnc6C5)n4)CC3)nc2)cn1. The van der Waals surface area contributed by atoms with Crippen molar-refractivity contribution in [2.45, 2.75) is 57.4 Å². The van der Waals surface area contributed by atoms with Gasteiger partial charge in [0.15, 0.2) is 5.82 Å². The number of aromatic nitrogens is 6. The van der Waals surface area contributed by atoms with Gasteiger partial charge in [-0.2, -0.15) is 15.3 Å². The molecule has 1 aliphatic heterocycles. The van der Waals surface area contributed by atoms with E-state index < -0.39 is 0 Å². The monoisotopic (exact) mass is 625 g/mol. The Kier molecular flexibility index (Phi) is 8.43. The number of carbonyl (C=O) groups excluding carboxylic acids is 1. The molecule has 2 aliphatic rings. The van der Waals surface area contributed by atoms with Crippen LogP contribution in [0.2, 0.25) is 0 Å². The Morgan fingerprint density at radius 1 is 0.957 bits per heavy atom. The molecule has 1 saturated carbocycles. The van der Waals surface area contributed by atoms with E-state index in [-0.39, 0.29) is 18.1 Å². The highest BCUT2D eigenvalue weighted by Gasteiger charge is 2.32. The third-order valence-electron chi connectivity index (χ3n) is 8.81. The van der Waals surface area contributed by atoms with E-state index in [2.05, 4.69) is 42.7 Å². The number of hydrogen-bond acceptors (Lipinski definition) is 9. The lowest BCUT2D eigenvalue weighted by molar-refractivity contribution is 0.240. The van der Waals surface area contributed by atoms with Crippen molar-refractivity contribution in [1.82, 2.24) is 35.0 Å². The first-order chi connectivity index (χ1) is 23.0. The Balaban J connectivity index is 1.04. The van der Waals surface area contributed by atoms with E-state index in [1.165, 1.54) is 0 Å². The van der Waals surface area contributed by atoms with Gasteiger partial charge in [0.05, 0.1) is 24.6 Å². The second kappa shape index (κ2) is 13.3. The number of aryl methyl sites for hydroxylation is 1. The summed E-state index contributed by atoms with van der Waals surface area (Å²) < 4.78 is 1.76. The molecule has 2 N–H and O–H groups in total. The van der Waals surface area contributed by atoms with Crippen LogP contribution in [0.3, 0.4) is 0 Å². The smallest absolute Gasteiger partial charge is 0.323 e. The molecule has 7 rings (SSSR count). The Hall–Kier alpha value is -5.83. The summed E-state index contributed by atoms with van der Waals surface area (Å²) in [5.41, 5.74) is 5.52. The van der Waals surface area contributed by atoms with Crippen LogP contribution >= 0.6 is 0 Å². The van der Waals surface area contributed by atoms with Gasteiger partial charge < -0.3 is 15.5 Å². The highest BCUT2D eigenvalue weighted by Crippen LogP contribution is 2.31. The number of pyridine rings is 2. The third kappa shape index (κ3) is 6.60. The van der Waals surface area contributed by atoms with E-state index in [1.807, 2.05) is 66.7 Å². The molecule has 4 aromatic heterocycles. The minimum Gasteiger partial charge on any atom is -0.351 e. The molecular weight excluding hydrogens is 590 g/mol. The number of benzene rings is 1. The van der Waals surface area contributed by atoms with Gasteiger partial charge in [0.2, 0.25) is 5.95 Å². The summed E-state index contributed by atoms with van der Waals surface area (Å²) >= 11 is 0. The maximum atomic E-state index is 13.7. The molecule has 2 amide bonds. The highest BCUT2D eigenvalue weighted by atomic mass is 16.2. The molecular formula is C35H35N11O. The van der Waals surface area contributed by atoms with Gasteiger partial charge in [-0.3, -0.25) is 14.6 Å². The fraction of sp³-hybridized carbons (Fsp3) is 0.286. The largest absolute Gasteiger partial charge is 0.351 e. The van der Waals surface area contributed by atoms with Crippen LogP contribution < -0.4 is 20.4 Å². The minimum atomic E-state index is -0.173. The molecule has 12 nitrogen and oxygen atoms in total. The molecule has 0 bridgehead atoms. The Morgan fingerprint density at radius 3 is 2.53 bits per heavy atom. The summed E-state index contributed by atoms with van der Waals surface area (Å²) in [6.07, 6.45) is 12.1. The topological polar surface area (TPSA) is 141 Å². The van der Waals surface area contributed by atoms with Crippen LogP contribution in [-0.2, 0) is 26.7 Å². The third-order valence-corrected chi connectivity index (χ3v) is 8.81. The average Bonchev–Trinajstić information content (AvgIpc) is 3.75. The fourth-order valence-corrected chi connectivity index (χ4v) is 6.36. The highest BCUT2D eigenvalue weighted by molar-refractivity contribution is 5.91. The first kappa shape index (κ1) is 29.9. The molecule has 1 fully saturated rings. The maximum absolute atomic E-state index is 13.7. The van der Waals surface area contributed by atoms with Crippen molar-refractivity contribution in [1.29, 1.82) is 5.26 Å². The van der Waals surface area contributed by atoms with Crippen LogP contribution in [0, 0.1) is 11.3 Å². The molecule has 236 valence electrons. The van der Waals surface area contributed by atoms with Gasteiger partial charge in [-0.1, -0.05) is 36.4 Å². The van der Waals surface area contributed by atoms with Gasteiger partial charge >= 0.3 is 6.03 Å². The molecule has 1 aliphatic carbocycles. The van der Waals surface area contributed by atoms with Crippen LogP contribution in [0.5, 0.6) is 0 Å². The van der Waals surface area contributed by atoms with Crippen LogP contribution in [0.1, 0.15) is 48.1 Å². The standard InChI is InChI=1S/C35H35N11O/c1-44-21-28(20-41-44)25-9-14-32(38-18-25)46(35(47)40-17-24-6-3-2-4-7-24)30-12-10-29(11-13-30)42-34-39-19-27(16-36)33(43-34)45-22-26-8-5-15-37-31(26)23-45/h2-9,14-15,18-21,29-30H,10-13,17,22-23H2,1H3,(H,40,47)(H,39,42,43). The predicted molar refractivity (Wildman–Crippen MR) is 178 cm³/mol. The van der Waals surface area contributed by atoms with Gasteiger partial charge in [0.1, 0.15) is 17.5 Å². The zero-order valence-electron chi connectivity index (χ0n) is 26.1. The van der Waals surface area contributed by atoms with E-state index in [9.17, 15) is 10.1 Å². The molecule has 0 unspecified atom stereocenters. The number of amides is 2. The second-order valence-electron chi connectivity index (χ2n) is 12.0. The van der Waals surface area contributed by atoms with Crippen molar-refractivity contribution in [2.75, 3.05) is 15.1 Å². The molecule has 5 heterocycles. The summed E-state index contributed by atoms with van der Waals surface area (Å²) in [6.45, 7) is 1.68. The number of fused-ring (bicyclic) bond motifs is 1. The van der Waals surface area contributed by atoms with E-state index in [0.29, 0.717) is 42.8 Å².